The van der Waals surface area contributed by atoms with E-state index in [2.05, 4.69) is 10.3 Å². The molecule has 6 heteroatoms. The maximum Gasteiger partial charge on any atom is 0.350 e. The summed E-state index contributed by atoms with van der Waals surface area (Å²) in [6.45, 7) is 2.03. The second-order valence-corrected chi connectivity index (χ2v) is 7.69. The zero-order valence-corrected chi connectivity index (χ0v) is 17.2. The van der Waals surface area contributed by atoms with Crippen molar-refractivity contribution in [2.75, 3.05) is 11.9 Å². The molecule has 150 valence electrons. The fourth-order valence-corrected chi connectivity index (χ4v) is 4.10. The van der Waals surface area contributed by atoms with Gasteiger partial charge in [0.1, 0.15) is 4.88 Å². The Morgan fingerprint density at radius 3 is 2.47 bits per heavy atom. The lowest BCUT2D eigenvalue weighted by Gasteiger charge is -2.04. The second-order valence-electron chi connectivity index (χ2n) is 6.69. The minimum absolute atomic E-state index is 0.186. The monoisotopic (exact) mass is 416 g/mol. The Morgan fingerprint density at radius 1 is 0.967 bits per heavy atom. The Labute approximate surface area is 178 Å². The van der Waals surface area contributed by atoms with Crippen molar-refractivity contribution in [1.29, 1.82) is 0 Å². The number of ether oxygens (including phenoxy) is 1. The number of benzene rings is 3. The van der Waals surface area contributed by atoms with Crippen molar-refractivity contribution in [1.82, 2.24) is 4.98 Å². The second kappa shape index (κ2) is 8.88. The molecule has 4 aromatic rings. The molecule has 0 aliphatic heterocycles. The van der Waals surface area contributed by atoms with E-state index in [0.29, 0.717) is 15.7 Å². The number of nitrogens with one attached hydrogen (secondary N) is 1. The number of carbonyl (C=O) groups excluding carboxylic acids is 2. The predicted molar refractivity (Wildman–Crippen MR) is 120 cm³/mol. The van der Waals surface area contributed by atoms with E-state index in [1.165, 1.54) is 0 Å². The lowest BCUT2D eigenvalue weighted by molar-refractivity contribution is -0.115. The number of hydrogen-bond donors (Lipinski definition) is 1. The van der Waals surface area contributed by atoms with Crippen LogP contribution in [0.1, 0.15) is 22.2 Å². The number of hydrogen-bond acceptors (Lipinski definition) is 5. The minimum Gasteiger partial charge on any atom is -0.462 e. The van der Waals surface area contributed by atoms with Crippen LogP contribution in [0.4, 0.5) is 5.13 Å². The third-order valence-electron chi connectivity index (χ3n) is 4.56. The summed E-state index contributed by atoms with van der Waals surface area (Å²) in [5.41, 5.74) is 2.23. The van der Waals surface area contributed by atoms with Crippen LogP contribution in [-0.2, 0) is 16.0 Å². The molecule has 0 spiro atoms. The van der Waals surface area contributed by atoms with E-state index < -0.39 is 5.97 Å². The predicted octanol–water partition coefficient (Wildman–Crippen LogP) is 5.32. The van der Waals surface area contributed by atoms with E-state index in [1.807, 2.05) is 72.8 Å². The largest absolute Gasteiger partial charge is 0.462 e. The van der Waals surface area contributed by atoms with Gasteiger partial charge in [0.15, 0.2) is 5.13 Å². The first-order valence-corrected chi connectivity index (χ1v) is 10.5. The number of carbonyl (C=O) groups is 2. The van der Waals surface area contributed by atoms with Crippen LogP contribution in [0, 0.1) is 0 Å². The summed E-state index contributed by atoms with van der Waals surface area (Å²) < 4.78 is 5.16. The SMILES string of the molecule is CCOC(=O)c1sc(NC(=O)Cc2ccc3ccccc3c2)nc1-c1ccccc1. The first kappa shape index (κ1) is 19.8. The summed E-state index contributed by atoms with van der Waals surface area (Å²) in [4.78, 5) is 29.9. The molecule has 30 heavy (non-hydrogen) atoms. The Kier molecular flexibility index (Phi) is 5.86. The molecule has 4 rings (SSSR count). The molecule has 1 aromatic heterocycles. The van der Waals surface area contributed by atoms with Gasteiger partial charge in [0.25, 0.3) is 0 Å². The van der Waals surface area contributed by atoms with Crippen LogP contribution in [0.5, 0.6) is 0 Å². The number of fused-ring (bicyclic) bond motifs is 1. The van der Waals surface area contributed by atoms with E-state index in [-0.39, 0.29) is 18.9 Å². The van der Waals surface area contributed by atoms with E-state index in [9.17, 15) is 9.59 Å². The van der Waals surface area contributed by atoms with Gasteiger partial charge in [0.05, 0.1) is 18.7 Å². The molecule has 0 unspecified atom stereocenters. The van der Waals surface area contributed by atoms with Gasteiger partial charge in [-0.2, -0.15) is 0 Å². The van der Waals surface area contributed by atoms with Gasteiger partial charge < -0.3 is 10.1 Å². The molecule has 5 nitrogen and oxygen atoms in total. The Hall–Kier alpha value is -3.51. The summed E-state index contributed by atoms with van der Waals surface area (Å²) in [5, 5.41) is 5.43. The fourth-order valence-electron chi connectivity index (χ4n) is 3.20. The molecule has 1 N–H and O–H groups in total. The maximum atomic E-state index is 12.6. The normalized spacial score (nSPS) is 10.7. The van der Waals surface area contributed by atoms with Crippen LogP contribution >= 0.6 is 11.3 Å². The lowest BCUT2D eigenvalue weighted by Crippen LogP contribution is -2.14. The number of amides is 1. The molecule has 0 fully saturated rings. The molecule has 0 aliphatic rings. The summed E-state index contributed by atoms with van der Waals surface area (Å²) in [6.07, 6.45) is 0.222. The number of aromatic nitrogens is 1. The zero-order valence-electron chi connectivity index (χ0n) is 16.4. The standard InChI is InChI=1S/C24H20N2O3S/c1-2-29-23(28)22-21(18-9-4-3-5-10-18)26-24(30-22)25-20(27)15-16-12-13-17-8-6-7-11-19(17)14-16/h3-14H,2,15H2,1H3,(H,25,26,27). The lowest BCUT2D eigenvalue weighted by atomic mass is 10.1. The quantitative estimate of drug-likeness (QED) is 0.432. The smallest absolute Gasteiger partial charge is 0.350 e. The molecular formula is C24H20N2O3S. The Bertz CT molecular complexity index is 1200. The number of thiazole rings is 1. The molecule has 3 aromatic carbocycles. The van der Waals surface area contributed by atoms with Gasteiger partial charge in [0.2, 0.25) is 5.91 Å². The van der Waals surface area contributed by atoms with Gasteiger partial charge >= 0.3 is 5.97 Å². The number of esters is 1. The van der Waals surface area contributed by atoms with E-state index in [0.717, 1.165) is 33.2 Å². The van der Waals surface area contributed by atoms with Crippen molar-refractivity contribution >= 4 is 39.1 Å². The number of anilines is 1. The van der Waals surface area contributed by atoms with Gasteiger partial charge in [-0.15, -0.1) is 0 Å². The van der Waals surface area contributed by atoms with Crippen LogP contribution in [0.25, 0.3) is 22.0 Å². The minimum atomic E-state index is -0.441. The zero-order chi connectivity index (χ0) is 20.9. The average Bonchev–Trinajstić information content (AvgIpc) is 3.18. The highest BCUT2D eigenvalue weighted by molar-refractivity contribution is 7.18. The van der Waals surface area contributed by atoms with Gasteiger partial charge in [-0.25, -0.2) is 9.78 Å². The van der Waals surface area contributed by atoms with E-state index >= 15 is 0 Å². The molecular weight excluding hydrogens is 396 g/mol. The molecule has 0 bridgehead atoms. The van der Waals surface area contributed by atoms with Crippen molar-refractivity contribution in [3.63, 3.8) is 0 Å². The van der Waals surface area contributed by atoms with Crippen LogP contribution in [0.2, 0.25) is 0 Å². The van der Waals surface area contributed by atoms with Crippen molar-refractivity contribution < 1.29 is 14.3 Å². The molecule has 0 saturated heterocycles. The van der Waals surface area contributed by atoms with Crippen LogP contribution < -0.4 is 5.32 Å². The highest BCUT2D eigenvalue weighted by atomic mass is 32.1. The van der Waals surface area contributed by atoms with Crippen LogP contribution in [0.3, 0.4) is 0 Å². The highest BCUT2D eigenvalue weighted by Crippen LogP contribution is 2.32. The van der Waals surface area contributed by atoms with Crippen molar-refractivity contribution in [2.45, 2.75) is 13.3 Å². The van der Waals surface area contributed by atoms with Crippen LogP contribution in [-0.4, -0.2) is 23.5 Å². The molecule has 0 radical (unpaired) electrons. The van der Waals surface area contributed by atoms with Gasteiger partial charge in [0, 0.05) is 5.56 Å². The molecule has 0 saturated carbocycles. The topological polar surface area (TPSA) is 68.3 Å². The van der Waals surface area contributed by atoms with E-state index in [4.69, 9.17) is 4.74 Å². The number of rotatable bonds is 6. The average molecular weight is 417 g/mol. The summed E-state index contributed by atoms with van der Waals surface area (Å²) in [6, 6.07) is 23.4. The third-order valence-corrected chi connectivity index (χ3v) is 5.51. The summed E-state index contributed by atoms with van der Waals surface area (Å²) in [7, 11) is 0. The highest BCUT2D eigenvalue weighted by Gasteiger charge is 2.21. The molecule has 0 atom stereocenters. The van der Waals surface area contributed by atoms with E-state index in [1.54, 1.807) is 6.92 Å². The van der Waals surface area contributed by atoms with Crippen molar-refractivity contribution in [2.24, 2.45) is 0 Å². The fraction of sp³-hybridized carbons (Fsp3) is 0.125. The van der Waals surface area contributed by atoms with Crippen molar-refractivity contribution in [3.05, 3.63) is 83.2 Å². The first-order valence-electron chi connectivity index (χ1n) is 9.65. The summed E-state index contributed by atoms with van der Waals surface area (Å²) in [5.74, 6) is -0.627. The van der Waals surface area contributed by atoms with Gasteiger partial charge in [-0.1, -0.05) is 84.1 Å². The first-order chi connectivity index (χ1) is 14.6. The van der Waals surface area contributed by atoms with Gasteiger partial charge in [-0.3, -0.25) is 4.79 Å². The third kappa shape index (κ3) is 4.39. The molecule has 1 heterocycles. The summed E-state index contributed by atoms with van der Waals surface area (Å²) >= 11 is 1.13. The Morgan fingerprint density at radius 2 is 1.70 bits per heavy atom. The number of nitrogens with zero attached hydrogens (tertiary/aromatic N) is 1. The maximum absolute atomic E-state index is 12.6. The van der Waals surface area contributed by atoms with Crippen LogP contribution in [0.15, 0.2) is 72.8 Å². The van der Waals surface area contributed by atoms with Crippen molar-refractivity contribution in [3.8, 4) is 11.3 Å². The Balaban J connectivity index is 1.55. The van der Waals surface area contributed by atoms with Gasteiger partial charge in [-0.05, 0) is 23.3 Å². The molecule has 1 amide bonds. The molecule has 0 aliphatic carbocycles.